The lowest BCUT2D eigenvalue weighted by molar-refractivity contribution is 0.394. The molecule has 2 aliphatic rings. The summed E-state index contributed by atoms with van der Waals surface area (Å²) in [6, 6.07) is 34.9. The molecule has 2 aliphatic carbocycles. The van der Waals surface area contributed by atoms with E-state index in [1.165, 1.54) is 33.4 Å². The average Bonchev–Trinajstić information content (AvgIpc) is 3.12. The summed E-state index contributed by atoms with van der Waals surface area (Å²) in [6.07, 6.45) is 9.12. The van der Waals surface area contributed by atoms with Gasteiger partial charge < -0.3 is 5.32 Å². The normalized spacial score (nSPS) is 19.5. The summed E-state index contributed by atoms with van der Waals surface area (Å²) >= 11 is 0. The highest BCUT2D eigenvalue weighted by molar-refractivity contribution is 5.72. The van der Waals surface area contributed by atoms with Gasteiger partial charge in [-0.05, 0) is 69.0 Å². The largest absolute Gasteiger partial charge is 0.356 e. The van der Waals surface area contributed by atoms with E-state index in [1.807, 2.05) is 0 Å². The maximum absolute atomic E-state index is 3.63. The van der Waals surface area contributed by atoms with Gasteiger partial charge in [-0.3, -0.25) is 0 Å². The monoisotopic (exact) mass is 439 g/mol. The molecule has 0 saturated carbocycles. The number of rotatable bonds is 4. The Kier molecular flexibility index (Phi) is 4.99. The number of benzene rings is 4. The van der Waals surface area contributed by atoms with Gasteiger partial charge in [0, 0.05) is 17.3 Å². The highest BCUT2D eigenvalue weighted by Gasteiger charge is 2.44. The van der Waals surface area contributed by atoms with Crippen molar-refractivity contribution in [1.82, 2.24) is 0 Å². The Labute approximate surface area is 202 Å². The van der Waals surface area contributed by atoms with E-state index in [4.69, 9.17) is 0 Å². The maximum atomic E-state index is 3.63. The van der Waals surface area contributed by atoms with Gasteiger partial charge >= 0.3 is 0 Å². The molecule has 2 unspecified atom stereocenters. The molecular weight excluding hydrogens is 410 g/mol. The first kappa shape index (κ1) is 20.7. The Morgan fingerprint density at radius 1 is 0.588 bits per heavy atom. The van der Waals surface area contributed by atoms with Gasteiger partial charge in [0.25, 0.3) is 0 Å². The molecule has 6 rings (SSSR count). The second-order valence-electron chi connectivity index (χ2n) is 9.99. The molecule has 1 N–H and O–H groups in total. The summed E-state index contributed by atoms with van der Waals surface area (Å²) in [5, 5.41) is 3.63. The number of fused-ring (bicyclic) bond motifs is 3. The topological polar surface area (TPSA) is 12.0 Å². The third-order valence-corrected chi connectivity index (χ3v) is 7.57. The van der Waals surface area contributed by atoms with Crippen molar-refractivity contribution >= 4 is 11.4 Å². The van der Waals surface area contributed by atoms with Crippen LogP contribution in [0.5, 0.6) is 0 Å². The van der Waals surface area contributed by atoms with Crippen LogP contribution >= 0.6 is 0 Å². The SMILES string of the molecule is CC1(C)c2cc(Nc3ccc(-c4ccc(-c5ccccc5)cc4)cc3)ccc2C2C=CC=CC21. The summed E-state index contributed by atoms with van der Waals surface area (Å²) in [5.41, 5.74) is 10.3. The second-order valence-corrected chi connectivity index (χ2v) is 9.99. The predicted molar refractivity (Wildman–Crippen MR) is 145 cm³/mol. The fourth-order valence-electron chi connectivity index (χ4n) is 5.65. The zero-order valence-electron chi connectivity index (χ0n) is 19.7. The lowest BCUT2D eigenvalue weighted by Crippen LogP contribution is -2.24. The Hall–Kier alpha value is -3.84. The molecule has 0 saturated heterocycles. The predicted octanol–water partition coefficient (Wildman–Crippen LogP) is 8.88. The van der Waals surface area contributed by atoms with E-state index in [1.54, 1.807) is 0 Å². The maximum Gasteiger partial charge on any atom is 0.0387 e. The molecule has 166 valence electrons. The lowest BCUT2D eigenvalue weighted by atomic mass is 9.74. The summed E-state index contributed by atoms with van der Waals surface area (Å²) in [7, 11) is 0. The van der Waals surface area contributed by atoms with Crippen LogP contribution < -0.4 is 5.32 Å². The molecule has 0 fully saturated rings. The molecule has 4 aromatic carbocycles. The number of hydrogen-bond donors (Lipinski definition) is 1. The van der Waals surface area contributed by atoms with Gasteiger partial charge in [-0.15, -0.1) is 0 Å². The Morgan fingerprint density at radius 2 is 1.15 bits per heavy atom. The van der Waals surface area contributed by atoms with Crippen molar-refractivity contribution in [3.63, 3.8) is 0 Å². The van der Waals surface area contributed by atoms with Crippen molar-refractivity contribution in [2.75, 3.05) is 5.32 Å². The number of hydrogen-bond acceptors (Lipinski definition) is 1. The van der Waals surface area contributed by atoms with Crippen LogP contribution in [0, 0.1) is 5.92 Å². The molecule has 0 amide bonds. The molecule has 34 heavy (non-hydrogen) atoms. The van der Waals surface area contributed by atoms with Crippen LogP contribution in [0.1, 0.15) is 30.9 Å². The molecule has 4 aromatic rings. The van der Waals surface area contributed by atoms with Gasteiger partial charge in [0.15, 0.2) is 0 Å². The standard InChI is InChI=1S/C33H29N/c1-33(2)31-11-7-6-10-29(31)30-21-20-28(22-32(30)33)34-27-18-16-26(17-19-27)25-14-12-24(13-15-25)23-8-4-3-5-9-23/h3-22,29,31,34H,1-2H3. The van der Waals surface area contributed by atoms with Crippen molar-refractivity contribution < 1.29 is 0 Å². The second kappa shape index (κ2) is 8.18. The minimum Gasteiger partial charge on any atom is -0.356 e. The van der Waals surface area contributed by atoms with Gasteiger partial charge in [0.1, 0.15) is 0 Å². The van der Waals surface area contributed by atoms with Crippen LogP contribution in [0.15, 0.2) is 121 Å². The van der Waals surface area contributed by atoms with E-state index in [2.05, 4.69) is 141 Å². The Morgan fingerprint density at radius 3 is 1.82 bits per heavy atom. The highest BCUT2D eigenvalue weighted by atomic mass is 14.9. The first-order valence-corrected chi connectivity index (χ1v) is 12.1. The highest BCUT2D eigenvalue weighted by Crippen LogP contribution is 2.53. The molecular formula is C33H29N. The van der Waals surface area contributed by atoms with Crippen LogP contribution in [0.4, 0.5) is 11.4 Å². The van der Waals surface area contributed by atoms with Crippen LogP contribution in [-0.4, -0.2) is 0 Å². The van der Waals surface area contributed by atoms with Crippen LogP contribution in [0.25, 0.3) is 22.3 Å². The van der Waals surface area contributed by atoms with Crippen LogP contribution in [-0.2, 0) is 5.41 Å². The summed E-state index contributed by atoms with van der Waals surface area (Å²) in [4.78, 5) is 0. The third-order valence-electron chi connectivity index (χ3n) is 7.57. The molecule has 0 heterocycles. The molecule has 0 bridgehead atoms. The minimum absolute atomic E-state index is 0.134. The van der Waals surface area contributed by atoms with Gasteiger partial charge in [-0.25, -0.2) is 0 Å². The number of nitrogens with one attached hydrogen (secondary N) is 1. The van der Waals surface area contributed by atoms with Crippen LogP contribution in [0.2, 0.25) is 0 Å². The molecule has 0 radical (unpaired) electrons. The fourth-order valence-corrected chi connectivity index (χ4v) is 5.65. The van der Waals surface area contributed by atoms with E-state index in [9.17, 15) is 0 Å². The van der Waals surface area contributed by atoms with Crippen molar-refractivity contribution in [3.8, 4) is 22.3 Å². The fraction of sp³-hybridized carbons (Fsp3) is 0.152. The van der Waals surface area contributed by atoms with Gasteiger partial charge in [-0.1, -0.05) is 111 Å². The molecule has 0 spiro atoms. The van der Waals surface area contributed by atoms with Crippen molar-refractivity contribution in [3.05, 3.63) is 132 Å². The van der Waals surface area contributed by atoms with E-state index in [0.717, 1.165) is 11.4 Å². The van der Waals surface area contributed by atoms with Crippen molar-refractivity contribution in [2.24, 2.45) is 5.92 Å². The van der Waals surface area contributed by atoms with Crippen molar-refractivity contribution in [1.29, 1.82) is 0 Å². The Bertz CT molecular complexity index is 1370. The summed E-state index contributed by atoms with van der Waals surface area (Å²) < 4.78 is 0. The summed E-state index contributed by atoms with van der Waals surface area (Å²) in [5.74, 6) is 1.03. The lowest BCUT2D eigenvalue weighted by Gasteiger charge is -2.29. The van der Waals surface area contributed by atoms with Crippen LogP contribution in [0.3, 0.4) is 0 Å². The zero-order valence-corrected chi connectivity index (χ0v) is 19.7. The van der Waals surface area contributed by atoms with E-state index in [0.29, 0.717) is 11.8 Å². The molecule has 1 nitrogen and oxygen atoms in total. The molecule has 0 aromatic heterocycles. The van der Waals surface area contributed by atoms with Gasteiger partial charge in [0.05, 0.1) is 0 Å². The van der Waals surface area contributed by atoms with E-state index in [-0.39, 0.29) is 5.41 Å². The molecule has 0 aliphatic heterocycles. The molecule has 2 atom stereocenters. The van der Waals surface area contributed by atoms with Gasteiger partial charge in [-0.2, -0.15) is 0 Å². The first-order valence-electron chi connectivity index (χ1n) is 12.1. The van der Waals surface area contributed by atoms with E-state index < -0.39 is 0 Å². The number of allylic oxidation sites excluding steroid dienone is 4. The van der Waals surface area contributed by atoms with Crippen molar-refractivity contribution in [2.45, 2.75) is 25.2 Å². The number of anilines is 2. The summed E-state index contributed by atoms with van der Waals surface area (Å²) in [6.45, 7) is 4.75. The smallest absolute Gasteiger partial charge is 0.0387 e. The zero-order chi connectivity index (χ0) is 23.1. The minimum atomic E-state index is 0.134. The quantitative estimate of drug-likeness (QED) is 0.335. The average molecular weight is 440 g/mol. The third kappa shape index (κ3) is 3.58. The van der Waals surface area contributed by atoms with E-state index >= 15 is 0 Å². The van der Waals surface area contributed by atoms with Gasteiger partial charge in [0.2, 0.25) is 0 Å². The Balaban J connectivity index is 1.21. The molecule has 1 heteroatoms. The first-order chi connectivity index (χ1) is 16.6.